The number of rotatable bonds is 3. The normalized spacial score (nSPS) is 11.0. The Hall–Kier alpha value is -5.40. The van der Waals surface area contributed by atoms with Gasteiger partial charge in [0.15, 0.2) is 0 Å². The number of aromatic nitrogens is 2. The summed E-state index contributed by atoms with van der Waals surface area (Å²) in [4.78, 5) is 0. The predicted octanol–water partition coefficient (Wildman–Crippen LogP) is 9.66. The van der Waals surface area contributed by atoms with Gasteiger partial charge in [0.1, 0.15) is 5.58 Å². The van der Waals surface area contributed by atoms with Gasteiger partial charge >= 0.3 is 0 Å². The average Bonchev–Trinajstić information content (AvgIpc) is 3.44. The summed E-state index contributed by atoms with van der Waals surface area (Å²) < 4.78 is 10.2. The number of hydrogen-bond acceptors (Lipinski definition) is 2. The molecule has 1 radical (unpaired) electrons. The number of nitrogens with zero attached hydrogens (tertiary/aromatic N) is 3. The maximum atomic E-state index is 9.71. The molecule has 7 aromatic rings. The molecule has 48 heavy (non-hydrogen) atoms. The van der Waals surface area contributed by atoms with Crippen molar-refractivity contribution < 1.29 is 33.7 Å². The van der Waals surface area contributed by atoms with Crippen LogP contribution in [0.4, 0.5) is 0 Å². The number of benzene rings is 4. The van der Waals surface area contributed by atoms with E-state index < -0.39 is 0 Å². The molecule has 0 unspecified atom stereocenters. The van der Waals surface area contributed by atoms with E-state index in [0.29, 0.717) is 11.1 Å². The Morgan fingerprint density at radius 2 is 1.29 bits per heavy atom. The zero-order valence-electron chi connectivity index (χ0n) is 27.5. The van der Waals surface area contributed by atoms with Crippen LogP contribution in [0.5, 0.6) is 0 Å². The topological polar surface area (TPSA) is 44.7 Å². The van der Waals surface area contributed by atoms with E-state index in [-0.39, 0.29) is 25.5 Å². The minimum absolute atomic E-state index is 0. The first-order chi connectivity index (χ1) is 22.6. The van der Waals surface area contributed by atoms with Crippen molar-refractivity contribution in [3.05, 3.63) is 172 Å². The molecule has 3 aromatic heterocycles. The van der Waals surface area contributed by atoms with E-state index in [1.54, 1.807) is 0 Å². The van der Waals surface area contributed by atoms with Crippen LogP contribution in [0, 0.1) is 39.3 Å². The Morgan fingerprint density at radius 3 is 1.94 bits per heavy atom. The van der Waals surface area contributed by atoms with Crippen molar-refractivity contribution in [2.75, 3.05) is 0 Å². The largest absolute Gasteiger partial charge is 0.469 e. The molecule has 0 atom stereocenters. The second-order valence-electron chi connectivity index (χ2n) is 12.7. The monoisotopic (exact) mass is 804 g/mol. The molecule has 0 spiro atoms. The van der Waals surface area contributed by atoms with E-state index in [4.69, 9.17) is 4.42 Å². The first-order valence-corrected chi connectivity index (χ1v) is 15.5. The van der Waals surface area contributed by atoms with Crippen LogP contribution in [0.1, 0.15) is 43.0 Å². The number of pyridine rings is 2. The maximum Gasteiger partial charge on any atom is 0.142 e. The van der Waals surface area contributed by atoms with Crippen LogP contribution in [0.25, 0.3) is 55.6 Å². The number of hydrogen-bond donors (Lipinski definition) is 0. The predicted molar refractivity (Wildman–Crippen MR) is 191 cm³/mol. The summed E-state index contributed by atoms with van der Waals surface area (Å²) in [7, 11) is 8.20. The zero-order valence-corrected chi connectivity index (χ0v) is 29.9. The van der Waals surface area contributed by atoms with Gasteiger partial charge in [-0.3, -0.25) is 0 Å². The fourth-order valence-corrected chi connectivity index (χ4v) is 5.92. The van der Waals surface area contributed by atoms with E-state index in [9.17, 15) is 5.26 Å². The van der Waals surface area contributed by atoms with E-state index in [1.807, 2.05) is 106 Å². The van der Waals surface area contributed by atoms with Gasteiger partial charge < -0.3 is 13.6 Å². The first kappa shape index (κ1) is 33.9. The van der Waals surface area contributed by atoms with Crippen LogP contribution >= 0.6 is 0 Å². The van der Waals surface area contributed by atoms with Crippen molar-refractivity contribution in [2.24, 2.45) is 0 Å². The molecule has 4 aromatic carbocycles. The van der Waals surface area contributed by atoms with Gasteiger partial charge in [-0.2, -0.15) is 42.4 Å². The number of furan rings is 1. The Morgan fingerprint density at radius 1 is 0.646 bits per heavy atom. The molecule has 0 amide bonds. The molecular weight excluding hydrogens is 767 g/mol. The summed E-state index contributed by atoms with van der Waals surface area (Å²) in [6, 6.07) is 38.4. The Bertz CT molecular complexity index is 2290. The van der Waals surface area contributed by atoms with Crippen molar-refractivity contribution >= 4 is 21.9 Å². The Labute approximate surface area is 297 Å². The van der Waals surface area contributed by atoms with Crippen LogP contribution in [0.15, 0.2) is 126 Å². The molecule has 7 rings (SSSR count). The second-order valence-corrected chi connectivity index (χ2v) is 12.7. The summed E-state index contributed by atoms with van der Waals surface area (Å²) in [6.07, 6.45) is 4.00. The van der Waals surface area contributed by atoms with E-state index in [2.05, 4.69) is 79.2 Å². The average molecular weight is 804 g/mol. The second kappa shape index (κ2) is 13.8. The minimum atomic E-state index is 0. The summed E-state index contributed by atoms with van der Waals surface area (Å²) >= 11 is 0. The third-order valence-corrected chi connectivity index (χ3v) is 8.46. The van der Waals surface area contributed by atoms with Crippen LogP contribution in [-0.4, -0.2) is 0 Å². The van der Waals surface area contributed by atoms with Crippen molar-refractivity contribution in [1.82, 2.24) is 0 Å². The summed E-state index contributed by atoms with van der Waals surface area (Å²) in [5, 5.41) is 11.7. The SMILES string of the molecule is [CH2-]c1ccc2c(oc3c(-c4ccccc4)c(C#N)ccc32)c1-c1cccc[n+]1[CH2-].[CH2-]c1ccccc1-c1ccc(C(C)(C)C)c[n+]1[CH2-].[Ir]. The summed E-state index contributed by atoms with van der Waals surface area (Å²) in [5.74, 6) is 0. The molecular formula is C43H37IrN3O-2. The minimum Gasteiger partial charge on any atom is -0.469 e. The fraction of sp³-hybridized carbons (Fsp3) is 0.0930. The molecule has 0 saturated carbocycles. The van der Waals surface area contributed by atoms with E-state index >= 15 is 0 Å². The van der Waals surface area contributed by atoms with Gasteiger partial charge in [-0.05, 0) is 28.7 Å². The molecule has 0 saturated heterocycles. The van der Waals surface area contributed by atoms with Crippen molar-refractivity contribution in [3.63, 3.8) is 0 Å². The quantitative estimate of drug-likeness (QED) is 0.132. The van der Waals surface area contributed by atoms with Crippen LogP contribution in [0.3, 0.4) is 0 Å². The first-order valence-electron chi connectivity index (χ1n) is 15.5. The molecule has 5 heteroatoms. The molecule has 0 aliphatic heterocycles. The Balaban J connectivity index is 0.000000205. The smallest absolute Gasteiger partial charge is 0.142 e. The molecule has 0 fully saturated rings. The Kier molecular flexibility index (Phi) is 9.73. The third kappa shape index (κ3) is 6.42. The molecule has 0 aliphatic rings. The molecule has 0 aliphatic carbocycles. The molecule has 3 heterocycles. The molecule has 0 N–H and O–H groups in total. The van der Waals surface area contributed by atoms with Crippen molar-refractivity contribution in [1.29, 1.82) is 5.26 Å². The van der Waals surface area contributed by atoms with E-state index in [0.717, 1.165) is 61.1 Å². The number of nitriles is 1. The van der Waals surface area contributed by atoms with Crippen molar-refractivity contribution in [2.45, 2.75) is 26.2 Å². The molecule has 0 bridgehead atoms. The maximum absolute atomic E-state index is 9.71. The van der Waals surface area contributed by atoms with Gasteiger partial charge in [0.2, 0.25) is 0 Å². The van der Waals surface area contributed by atoms with Crippen LogP contribution in [0.2, 0.25) is 0 Å². The van der Waals surface area contributed by atoms with Crippen LogP contribution in [-0.2, 0) is 25.5 Å². The van der Waals surface area contributed by atoms with Gasteiger partial charge in [0, 0.05) is 50.5 Å². The standard InChI is InChI=1S/C26H17N2O.C17H20N.Ir/c1-17-11-13-20-21-14-12-19(16-27)24(18-8-4-3-5-9-18)26(21)29-25(20)23(17)22-10-6-7-15-28(22)2;1-13-8-6-7-9-15(13)16-11-10-14(12-18(16)5)17(2,3)4;/h3-15H,1-2H2;6-12H,1,5H2,2-4H3;/q2*-1;. The van der Waals surface area contributed by atoms with Gasteiger partial charge in [-0.15, -0.1) is 23.8 Å². The number of fused-ring (bicyclic) bond motifs is 3. The van der Waals surface area contributed by atoms with Crippen LogP contribution < -0.4 is 9.13 Å². The molecule has 4 nitrogen and oxygen atoms in total. The zero-order chi connectivity index (χ0) is 33.3. The van der Waals surface area contributed by atoms with E-state index in [1.165, 1.54) is 5.56 Å². The third-order valence-electron chi connectivity index (χ3n) is 8.46. The van der Waals surface area contributed by atoms with Gasteiger partial charge in [0.05, 0.1) is 41.0 Å². The summed E-state index contributed by atoms with van der Waals surface area (Å²) in [5.41, 5.74) is 11.2. The fourth-order valence-electron chi connectivity index (χ4n) is 5.92. The van der Waals surface area contributed by atoms with Gasteiger partial charge in [-0.1, -0.05) is 93.1 Å². The van der Waals surface area contributed by atoms with Crippen molar-refractivity contribution in [3.8, 4) is 39.7 Å². The van der Waals surface area contributed by atoms with Gasteiger partial charge in [0.25, 0.3) is 0 Å². The molecule has 241 valence electrons. The summed E-state index contributed by atoms with van der Waals surface area (Å²) in [6.45, 7) is 14.9. The van der Waals surface area contributed by atoms with Gasteiger partial charge in [-0.25, -0.2) is 0 Å².